The SMILES string of the molecule is CC1CC(=N)N(C)C(C)C1N.Cl.Cl. The third kappa shape index (κ3) is 3.01. The van der Waals surface area contributed by atoms with E-state index < -0.39 is 0 Å². The molecule has 0 spiro atoms. The van der Waals surface area contributed by atoms with Crippen LogP contribution in [-0.4, -0.2) is 29.9 Å². The van der Waals surface area contributed by atoms with E-state index in [1.54, 1.807) is 0 Å². The zero-order chi connectivity index (χ0) is 8.59. The second-order valence-corrected chi connectivity index (χ2v) is 3.56. The highest BCUT2D eigenvalue weighted by Crippen LogP contribution is 2.20. The van der Waals surface area contributed by atoms with E-state index in [9.17, 15) is 0 Å². The number of nitrogens with two attached hydrogens (primary N) is 1. The Bertz CT molecular complexity index is 175. The molecule has 1 aliphatic heterocycles. The van der Waals surface area contributed by atoms with Gasteiger partial charge in [-0.25, -0.2) is 0 Å². The highest BCUT2D eigenvalue weighted by molar-refractivity contribution is 5.85. The molecule has 1 rings (SSSR count). The molecule has 0 aromatic carbocycles. The van der Waals surface area contributed by atoms with Gasteiger partial charge in [0, 0.05) is 25.6 Å². The highest BCUT2D eigenvalue weighted by atomic mass is 35.5. The molecule has 13 heavy (non-hydrogen) atoms. The van der Waals surface area contributed by atoms with Gasteiger partial charge in [0.15, 0.2) is 0 Å². The number of hydrogen-bond donors (Lipinski definition) is 2. The fourth-order valence-electron chi connectivity index (χ4n) is 1.56. The van der Waals surface area contributed by atoms with Gasteiger partial charge in [0.25, 0.3) is 0 Å². The fourth-order valence-corrected chi connectivity index (χ4v) is 1.56. The largest absolute Gasteiger partial charge is 0.359 e. The van der Waals surface area contributed by atoms with Crippen molar-refractivity contribution in [1.82, 2.24) is 4.90 Å². The second kappa shape index (κ2) is 5.68. The maximum atomic E-state index is 7.62. The predicted octanol–water partition coefficient (Wildman–Crippen LogP) is 1.49. The molecule has 0 aromatic rings. The lowest BCUT2D eigenvalue weighted by Gasteiger charge is -2.40. The monoisotopic (exact) mass is 227 g/mol. The van der Waals surface area contributed by atoms with Crippen LogP contribution in [0.4, 0.5) is 0 Å². The zero-order valence-electron chi connectivity index (χ0n) is 8.28. The minimum Gasteiger partial charge on any atom is -0.359 e. The van der Waals surface area contributed by atoms with Crippen molar-refractivity contribution in [2.75, 3.05) is 7.05 Å². The maximum Gasteiger partial charge on any atom is 0.0961 e. The number of rotatable bonds is 0. The Balaban J connectivity index is 0. The molecule has 3 N–H and O–H groups in total. The first-order chi connectivity index (χ1) is 5.04. The van der Waals surface area contributed by atoms with Crippen LogP contribution in [0.1, 0.15) is 20.3 Å². The van der Waals surface area contributed by atoms with Crippen molar-refractivity contribution in [3.8, 4) is 0 Å². The summed E-state index contributed by atoms with van der Waals surface area (Å²) >= 11 is 0. The summed E-state index contributed by atoms with van der Waals surface area (Å²) in [7, 11) is 1.94. The Kier molecular flexibility index (Phi) is 6.76. The Hall–Kier alpha value is 0.01000. The van der Waals surface area contributed by atoms with Crippen molar-refractivity contribution in [2.45, 2.75) is 32.4 Å². The first-order valence-electron chi connectivity index (χ1n) is 4.10. The Morgan fingerprint density at radius 2 is 1.85 bits per heavy atom. The summed E-state index contributed by atoms with van der Waals surface area (Å²) in [5, 5.41) is 7.62. The van der Waals surface area contributed by atoms with Crippen molar-refractivity contribution in [3.63, 3.8) is 0 Å². The molecule has 1 aliphatic rings. The molecule has 3 nitrogen and oxygen atoms in total. The van der Waals surface area contributed by atoms with E-state index in [4.69, 9.17) is 11.1 Å². The van der Waals surface area contributed by atoms with Crippen LogP contribution in [0.15, 0.2) is 0 Å². The van der Waals surface area contributed by atoms with Crippen LogP contribution in [0.2, 0.25) is 0 Å². The summed E-state index contributed by atoms with van der Waals surface area (Å²) in [6, 6.07) is 0.528. The van der Waals surface area contributed by atoms with Crippen LogP contribution in [0, 0.1) is 11.3 Å². The number of halogens is 2. The van der Waals surface area contributed by atoms with Crippen LogP contribution < -0.4 is 5.73 Å². The third-order valence-electron chi connectivity index (χ3n) is 2.77. The molecule has 0 amide bonds. The van der Waals surface area contributed by atoms with E-state index in [1.165, 1.54) is 0 Å². The summed E-state index contributed by atoms with van der Waals surface area (Å²) in [5.41, 5.74) is 5.94. The van der Waals surface area contributed by atoms with Gasteiger partial charge in [-0.1, -0.05) is 6.92 Å². The number of amidine groups is 1. The van der Waals surface area contributed by atoms with E-state index in [1.807, 2.05) is 11.9 Å². The van der Waals surface area contributed by atoms with Gasteiger partial charge in [-0.3, -0.25) is 5.41 Å². The molecule has 0 saturated carbocycles. The summed E-state index contributed by atoms with van der Waals surface area (Å²) < 4.78 is 0. The molecule has 0 bridgehead atoms. The van der Waals surface area contributed by atoms with Gasteiger partial charge in [0.2, 0.25) is 0 Å². The molecule has 80 valence electrons. The molecule has 5 heteroatoms. The van der Waals surface area contributed by atoms with Gasteiger partial charge in [0.05, 0.1) is 5.84 Å². The highest BCUT2D eigenvalue weighted by Gasteiger charge is 2.30. The second-order valence-electron chi connectivity index (χ2n) is 3.56. The van der Waals surface area contributed by atoms with Gasteiger partial charge in [-0.2, -0.15) is 0 Å². The van der Waals surface area contributed by atoms with E-state index in [0.717, 1.165) is 6.42 Å². The molecule has 0 aromatic heterocycles. The van der Waals surface area contributed by atoms with Crippen molar-refractivity contribution < 1.29 is 0 Å². The van der Waals surface area contributed by atoms with Gasteiger partial charge in [0.1, 0.15) is 0 Å². The normalized spacial score (nSPS) is 33.4. The molecule has 3 atom stereocenters. The maximum absolute atomic E-state index is 7.62. The van der Waals surface area contributed by atoms with E-state index >= 15 is 0 Å². The summed E-state index contributed by atoms with van der Waals surface area (Å²) in [4.78, 5) is 1.96. The van der Waals surface area contributed by atoms with Crippen molar-refractivity contribution in [1.29, 1.82) is 5.41 Å². The van der Waals surface area contributed by atoms with Crippen LogP contribution in [0.5, 0.6) is 0 Å². The van der Waals surface area contributed by atoms with Gasteiger partial charge in [-0.05, 0) is 12.8 Å². The molecule has 0 radical (unpaired) electrons. The third-order valence-corrected chi connectivity index (χ3v) is 2.77. The Morgan fingerprint density at radius 1 is 1.38 bits per heavy atom. The van der Waals surface area contributed by atoms with E-state index in [-0.39, 0.29) is 30.9 Å². The molecule has 1 heterocycles. The minimum absolute atomic E-state index is 0. The molecule has 1 fully saturated rings. The van der Waals surface area contributed by atoms with Crippen molar-refractivity contribution in [3.05, 3.63) is 0 Å². The molecular formula is C8H19Cl2N3. The van der Waals surface area contributed by atoms with Crippen LogP contribution in [0.3, 0.4) is 0 Å². The Labute approximate surface area is 92.4 Å². The first-order valence-corrected chi connectivity index (χ1v) is 4.10. The summed E-state index contributed by atoms with van der Waals surface area (Å²) in [6.07, 6.45) is 0.821. The lowest BCUT2D eigenvalue weighted by molar-refractivity contribution is 0.239. The standard InChI is InChI=1S/C8H17N3.2ClH/c1-5-4-7(9)11(3)6(2)8(5)10;;/h5-6,8-9H,4,10H2,1-3H3;2*1H. The smallest absolute Gasteiger partial charge is 0.0961 e. The lowest BCUT2D eigenvalue weighted by atomic mass is 9.88. The number of likely N-dealkylation sites (tertiary alicyclic amines) is 1. The lowest BCUT2D eigenvalue weighted by Crippen LogP contribution is -2.54. The predicted molar refractivity (Wildman–Crippen MR) is 61.2 cm³/mol. The van der Waals surface area contributed by atoms with Crippen molar-refractivity contribution in [2.24, 2.45) is 11.7 Å². The van der Waals surface area contributed by atoms with Gasteiger partial charge >= 0.3 is 0 Å². The van der Waals surface area contributed by atoms with E-state index in [2.05, 4.69) is 13.8 Å². The number of likely N-dealkylation sites (N-methyl/N-ethyl adjacent to an activating group) is 1. The van der Waals surface area contributed by atoms with E-state index in [0.29, 0.717) is 17.8 Å². The Morgan fingerprint density at radius 3 is 2.31 bits per heavy atom. The average Bonchev–Trinajstić information content (AvgIpc) is 1.97. The summed E-state index contributed by atoms with van der Waals surface area (Å²) in [5.74, 6) is 1.17. The average molecular weight is 228 g/mol. The van der Waals surface area contributed by atoms with Crippen LogP contribution in [0.25, 0.3) is 0 Å². The van der Waals surface area contributed by atoms with Gasteiger partial charge in [-0.15, -0.1) is 24.8 Å². The zero-order valence-corrected chi connectivity index (χ0v) is 9.91. The van der Waals surface area contributed by atoms with Crippen LogP contribution in [-0.2, 0) is 0 Å². The first kappa shape index (κ1) is 15.5. The molecule has 1 saturated heterocycles. The number of hydrogen-bond acceptors (Lipinski definition) is 2. The van der Waals surface area contributed by atoms with Gasteiger partial charge < -0.3 is 10.6 Å². The summed E-state index contributed by atoms with van der Waals surface area (Å²) in [6.45, 7) is 4.19. The minimum atomic E-state index is 0. The quantitative estimate of drug-likeness (QED) is 0.660. The fraction of sp³-hybridized carbons (Fsp3) is 0.875. The number of nitrogens with zero attached hydrogens (tertiary/aromatic N) is 1. The molecular weight excluding hydrogens is 209 g/mol. The topological polar surface area (TPSA) is 53.1 Å². The van der Waals surface area contributed by atoms with Crippen LogP contribution >= 0.6 is 24.8 Å². The van der Waals surface area contributed by atoms with Crippen molar-refractivity contribution >= 4 is 30.6 Å². The number of nitrogens with one attached hydrogen (secondary N) is 1. The molecule has 3 unspecified atom stereocenters. The number of piperidine rings is 1. The molecule has 0 aliphatic carbocycles.